The largest absolute Gasteiger partial charge is 0.394 e. The average Bonchev–Trinajstić information content (AvgIpc) is 3.67. The van der Waals surface area contributed by atoms with Crippen LogP contribution in [0.4, 0.5) is 17.3 Å². The fraction of sp³-hybridized carbons (Fsp3) is 0.387. The van der Waals surface area contributed by atoms with Gasteiger partial charge in [-0.05, 0) is 70.4 Å². The first-order chi connectivity index (χ1) is 20.9. The number of aliphatic hydroxyl groups is 1. The van der Waals surface area contributed by atoms with Crippen molar-refractivity contribution in [3.63, 3.8) is 0 Å². The first kappa shape index (κ1) is 27.3. The molecule has 0 radical (unpaired) electrons. The Balaban J connectivity index is 1.23. The topological polar surface area (TPSA) is 150 Å². The van der Waals surface area contributed by atoms with Crippen LogP contribution in [0.5, 0.6) is 0 Å². The molecular weight excluding hydrogens is 546 g/mol. The Bertz CT molecular complexity index is 1790. The van der Waals surface area contributed by atoms with Gasteiger partial charge in [-0.15, -0.1) is 0 Å². The quantitative estimate of drug-likeness (QED) is 0.198. The van der Waals surface area contributed by atoms with Gasteiger partial charge in [-0.3, -0.25) is 9.89 Å². The number of rotatable bonds is 9. The average molecular weight is 582 g/mol. The van der Waals surface area contributed by atoms with Crippen LogP contribution in [-0.4, -0.2) is 66.1 Å². The minimum absolute atomic E-state index is 0.0132. The van der Waals surface area contributed by atoms with Gasteiger partial charge in [-0.2, -0.15) is 4.98 Å². The summed E-state index contributed by atoms with van der Waals surface area (Å²) in [6.45, 7) is 6.93. The van der Waals surface area contributed by atoms with Gasteiger partial charge in [-0.25, -0.2) is 14.6 Å². The molecule has 0 unspecified atom stereocenters. The molecule has 7 heterocycles. The highest BCUT2D eigenvalue weighted by Gasteiger charge is 2.44. The maximum atomic E-state index is 12.7. The molecule has 3 aliphatic rings. The number of aromatic amines is 1. The first-order valence-electron chi connectivity index (χ1n) is 14.8. The third-order valence-electron chi connectivity index (χ3n) is 8.81. The minimum atomic E-state index is -0.380. The van der Waals surface area contributed by atoms with E-state index in [1.807, 2.05) is 50.2 Å². The minimum Gasteiger partial charge on any atom is -0.394 e. The number of fused-ring (bicyclic) bond motifs is 4. The number of hydrogen-bond acceptors (Lipinski definition) is 10. The van der Waals surface area contributed by atoms with Crippen molar-refractivity contribution in [2.24, 2.45) is 0 Å². The molecule has 0 amide bonds. The molecule has 222 valence electrons. The van der Waals surface area contributed by atoms with E-state index in [1.165, 1.54) is 0 Å². The van der Waals surface area contributed by atoms with Gasteiger partial charge in [-0.1, -0.05) is 35.5 Å². The van der Waals surface area contributed by atoms with Crippen LogP contribution in [0.15, 0.2) is 64.0 Å². The Kier molecular flexibility index (Phi) is 6.94. The van der Waals surface area contributed by atoms with E-state index in [1.54, 1.807) is 23.0 Å². The predicted octanol–water partition coefficient (Wildman–Crippen LogP) is 4.38. The third-order valence-corrected chi connectivity index (χ3v) is 8.81. The van der Waals surface area contributed by atoms with Crippen molar-refractivity contribution in [3.8, 4) is 11.5 Å². The smallest absolute Gasteiger partial charge is 0.276 e. The van der Waals surface area contributed by atoms with Crippen LogP contribution in [0.25, 0.3) is 22.5 Å². The second kappa shape index (κ2) is 10.9. The van der Waals surface area contributed by atoms with Crippen LogP contribution >= 0.6 is 0 Å². The zero-order valence-electron chi connectivity index (χ0n) is 24.2. The number of piperidine rings is 3. The summed E-state index contributed by atoms with van der Waals surface area (Å²) in [6.07, 6.45) is 4.78. The molecule has 0 saturated carbocycles. The van der Waals surface area contributed by atoms with Crippen LogP contribution in [0.1, 0.15) is 56.6 Å². The lowest BCUT2D eigenvalue weighted by Crippen LogP contribution is -2.51. The predicted molar refractivity (Wildman–Crippen MR) is 163 cm³/mol. The summed E-state index contributed by atoms with van der Waals surface area (Å²) < 4.78 is 7.42. The summed E-state index contributed by atoms with van der Waals surface area (Å²) in [7, 11) is 0. The van der Waals surface area contributed by atoms with Crippen LogP contribution < -0.4 is 16.2 Å². The molecule has 0 spiro atoms. The van der Waals surface area contributed by atoms with E-state index < -0.39 is 0 Å². The second-order valence-electron chi connectivity index (χ2n) is 11.8. The van der Waals surface area contributed by atoms with Crippen LogP contribution in [0.2, 0.25) is 0 Å². The lowest BCUT2D eigenvalue weighted by molar-refractivity contribution is 0.0747. The molecule has 4 aromatic heterocycles. The molecule has 3 fully saturated rings. The standard InChI is InChI=1S/C31H35N9O3/c1-19(2)40-29(42)21-8-9-25(35-27(21)37-40)34-26-16-23(33-24(18-41)20-6-4-3-5-7-20)22(17-32-26)28-36-30(38-43-28)31-10-13-39(14-11-31)15-12-31/h3-9,16-17,19,24,41H,10-15,18H2,1-2H3,(H3,32,33,34,35,37)/t24-/m1/s1. The number of aromatic nitrogens is 6. The van der Waals surface area contributed by atoms with Crippen LogP contribution in [0.3, 0.4) is 0 Å². The molecule has 1 atom stereocenters. The number of nitrogens with zero attached hydrogens (tertiary/aromatic N) is 6. The van der Waals surface area contributed by atoms with Gasteiger partial charge < -0.3 is 25.2 Å². The molecular formula is C31H35N9O3. The maximum absolute atomic E-state index is 12.7. The molecule has 12 heteroatoms. The number of anilines is 3. The van der Waals surface area contributed by atoms with Crippen LogP contribution in [0, 0.1) is 0 Å². The van der Waals surface area contributed by atoms with Crippen LogP contribution in [-0.2, 0) is 5.41 Å². The number of H-pyrrole nitrogens is 1. The normalized spacial score (nSPS) is 20.5. The van der Waals surface area contributed by atoms with E-state index in [2.05, 4.69) is 35.8 Å². The Morgan fingerprint density at radius 2 is 1.81 bits per heavy atom. The molecule has 3 saturated heterocycles. The van der Waals surface area contributed by atoms with Gasteiger partial charge in [0, 0.05) is 23.7 Å². The molecule has 5 aromatic rings. The molecule has 0 aliphatic carbocycles. The molecule has 4 N–H and O–H groups in total. The molecule has 2 bridgehead atoms. The van der Waals surface area contributed by atoms with E-state index in [9.17, 15) is 9.90 Å². The van der Waals surface area contributed by atoms with Crippen molar-refractivity contribution < 1.29 is 9.63 Å². The van der Waals surface area contributed by atoms with E-state index in [0.29, 0.717) is 39.8 Å². The zero-order valence-corrected chi connectivity index (χ0v) is 24.2. The lowest BCUT2D eigenvalue weighted by atomic mass is 9.71. The maximum Gasteiger partial charge on any atom is 0.276 e. The molecule has 1 aromatic carbocycles. The van der Waals surface area contributed by atoms with Gasteiger partial charge in [0.2, 0.25) is 0 Å². The molecule has 12 nitrogen and oxygen atoms in total. The molecule has 8 rings (SSSR count). The van der Waals surface area contributed by atoms with Gasteiger partial charge in [0.15, 0.2) is 11.5 Å². The fourth-order valence-electron chi connectivity index (χ4n) is 6.21. The third kappa shape index (κ3) is 5.06. The van der Waals surface area contributed by atoms with Crippen molar-refractivity contribution in [2.75, 3.05) is 36.9 Å². The van der Waals surface area contributed by atoms with Crippen molar-refractivity contribution in [1.29, 1.82) is 0 Å². The van der Waals surface area contributed by atoms with E-state index in [4.69, 9.17) is 9.51 Å². The number of hydrogen-bond donors (Lipinski definition) is 4. The monoisotopic (exact) mass is 581 g/mol. The summed E-state index contributed by atoms with van der Waals surface area (Å²) in [5.41, 5.74) is 2.60. The SMILES string of the molecule is CC(C)n1[nH]c2nc(Nc3cc(N[C@H](CO)c4ccccc4)c(-c4nc(C56CCN(CC5)CC6)no4)cn3)ccc2c1=O. The van der Waals surface area contributed by atoms with Gasteiger partial charge in [0.1, 0.15) is 11.6 Å². The summed E-state index contributed by atoms with van der Waals surface area (Å²) in [5, 5.41) is 25.1. The van der Waals surface area contributed by atoms with E-state index >= 15 is 0 Å². The summed E-state index contributed by atoms with van der Waals surface area (Å²) in [4.78, 5) is 29.3. The highest BCUT2D eigenvalue weighted by Crippen LogP contribution is 2.42. The highest BCUT2D eigenvalue weighted by molar-refractivity contribution is 5.78. The number of benzene rings is 1. The highest BCUT2D eigenvalue weighted by atomic mass is 16.5. The summed E-state index contributed by atoms with van der Waals surface area (Å²) in [6, 6.07) is 14.7. The molecule has 43 heavy (non-hydrogen) atoms. The van der Waals surface area contributed by atoms with Crippen molar-refractivity contribution in [3.05, 3.63) is 76.5 Å². The lowest BCUT2D eigenvalue weighted by Gasteiger charge is -2.46. The number of aliphatic hydroxyl groups excluding tert-OH is 1. The van der Waals surface area contributed by atoms with Crippen molar-refractivity contribution >= 4 is 28.4 Å². The molecule has 3 aliphatic heterocycles. The van der Waals surface area contributed by atoms with E-state index in [-0.39, 0.29) is 29.7 Å². The Morgan fingerprint density at radius 3 is 2.53 bits per heavy atom. The van der Waals surface area contributed by atoms with E-state index in [0.717, 1.165) is 50.3 Å². The second-order valence-corrected chi connectivity index (χ2v) is 11.8. The fourth-order valence-corrected chi connectivity index (χ4v) is 6.21. The Labute approximate surface area is 248 Å². The van der Waals surface area contributed by atoms with Gasteiger partial charge in [0.25, 0.3) is 11.4 Å². The van der Waals surface area contributed by atoms with Gasteiger partial charge in [0.05, 0.1) is 29.3 Å². The number of nitrogens with one attached hydrogen (secondary N) is 3. The summed E-state index contributed by atoms with van der Waals surface area (Å²) >= 11 is 0. The Morgan fingerprint density at radius 1 is 1.05 bits per heavy atom. The van der Waals surface area contributed by atoms with Crippen molar-refractivity contribution in [1.82, 2.24) is 34.8 Å². The number of pyridine rings is 2. The van der Waals surface area contributed by atoms with Crippen molar-refractivity contribution in [2.45, 2.75) is 50.6 Å². The summed E-state index contributed by atoms with van der Waals surface area (Å²) in [5.74, 6) is 2.19. The first-order valence-corrected chi connectivity index (χ1v) is 14.8. The zero-order chi connectivity index (χ0) is 29.6. The van der Waals surface area contributed by atoms with Gasteiger partial charge >= 0.3 is 0 Å². The Hall–Kier alpha value is -4.55.